The fourth-order valence-electron chi connectivity index (χ4n) is 1.23. The van der Waals surface area contributed by atoms with E-state index in [9.17, 15) is 0 Å². The van der Waals surface area contributed by atoms with E-state index >= 15 is 0 Å². The number of pyridine rings is 1. The van der Waals surface area contributed by atoms with Crippen molar-refractivity contribution in [3.8, 4) is 0 Å². The van der Waals surface area contributed by atoms with Crippen LogP contribution in [-0.4, -0.2) is 11.0 Å². The van der Waals surface area contributed by atoms with Gasteiger partial charge in [-0.3, -0.25) is 0 Å². The molecule has 2 N–H and O–H groups in total. The van der Waals surface area contributed by atoms with E-state index in [1.807, 2.05) is 39.8 Å². The standard InChI is InChI=1S/C10H15ClN2.C2H6/c1-7(12)3-4-9-5-8(2)13-10(11)6-9;1-2/h5-7H,3-4,12H2,1-2H3;1-2H3/t7-;/m1./s1. The minimum atomic E-state index is 0.243. The first-order chi connectivity index (χ1) is 7.08. The fraction of sp³-hybridized carbons (Fsp3) is 0.583. The molecule has 0 fully saturated rings. The van der Waals surface area contributed by atoms with Gasteiger partial charge in [0.25, 0.3) is 0 Å². The molecule has 0 spiro atoms. The Bertz CT molecular complexity index is 265. The predicted molar refractivity (Wildman–Crippen MR) is 67.3 cm³/mol. The second kappa shape index (κ2) is 7.66. The molecule has 3 heteroatoms. The minimum absolute atomic E-state index is 0.243. The number of nitrogens with zero attached hydrogens (tertiary/aromatic N) is 1. The first kappa shape index (κ1) is 14.4. The van der Waals surface area contributed by atoms with E-state index < -0.39 is 0 Å². The average Bonchev–Trinajstić information content (AvgIpc) is 2.16. The van der Waals surface area contributed by atoms with Crippen LogP contribution in [0.25, 0.3) is 0 Å². The summed E-state index contributed by atoms with van der Waals surface area (Å²) in [5.41, 5.74) is 7.85. The Morgan fingerprint density at radius 2 is 2.00 bits per heavy atom. The highest BCUT2D eigenvalue weighted by molar-refractivity contribution is 6.29. The van der Waals surface area contributed by atoms with Crippen molar-refractivity contribution in [2.24, 2.45) is 5.73 Å². The van der Waals surface area contributed by atoms with Gasteiger partial charge >= 0.3 is 0 Å². The zero-order chi connectivity index (χ0) is 11.8. The quantitative estimate of drug-likeness (QED) is 0.806. The average molecular weight is 229 g/mol. The molecule has 15 heavy (non-hydrogen) atoms. The molecule has 1 rings (SSSR count). The molecule has 1 aromatic heterocycles. The van der Waals surface area contributed by atoms with Crippen LogP contribution in [0.3, 0.4) is 0 Å². The zero-order valence-corrected chi connectivity index (χ0v) is 10.8. The van der Waals surface area contributed by atoms with Gasteiger partial charge in [-0.05, 0) is 44.4 Å². The number of hydrogen-bond donors (Lipinski definition) is 1. The molecule has 0 aliphatic heterocycles. The highest BCUT2D eigenvalue weighted by atomic mass is 35.5. The van der Waals surface area contributed by atoms with E-state index in [0.29, 0.717) is 5.15 Å². The van der Waals surface area contributed by atoms with Crippen molar-refractivity contribution in [2.45, 2.75) is 46.6 Å². The van der Waals surface area contributed by atoms with Crippen LogP contribution in [-0.2, 0) is 6.42 Å². The van der Waals surface area contributed by atoms with Crippen LogP contribution in [0.1, 0.15) is 38.4 Å². The third kappa shape index (κ3) is 6.47. The molecule has 0 radical (unpaired) electrons. The maximum Gasteiger partial charge on any atom is 0.129 e. The molecule has 1 heterocycles. The highest BCUT2D eigenvalue weighted by Crippen LogP contribution is 2.12. The molecule has 0 aliphatic carbocycles. The van der Waals surface area contributed by atoms with E-state index in [4.69, 9.17) is 17.3 Å². The molecular formula is C12H21ClN2. The van der Waals surface area contributed by atoms with Crippen molar-refractivity contribution in [2.75, 3.05) is 0 Å². The van der Waals surface area contributed by atoms with Gasteiger partial charge in [-0.1, -0.05) is 25.4 Å². The molecule has 0 saturated heterocycles. The Balaban J connectivity index is 0.000000921. The molecule has 0 bridgehead atoms. The van der Waals surface area contributed by atoms with Crippen LogP contribution in [0.5, 0.6) is 0 Å². The molecule has 0 amide bonds. The Morgan fingerprint density at radius 3 is 2.47 bits per heavy atom. The molecular weight excluding hydrogens is 208 g/mol. The molecule has 86 valence electrons. The van der Waals surface area contributed by atoms with Crippen molar-refractivity contribution in [3.63, 3.8) is 0 Å². The normalized spacial score (nSPS) is 11.6. The van der Waals surface area contributed by atoms with Crippen molar-refractivity contribution < 1.29 is 0 Å². The van der Waals surface area contributed by atoms with Gasteiger partial charge in [0.1, 0.15) is 5.15 Å². The minimum Gasteiger partial charge on any atom is -0.328 e. The van der Waals surface area contributed by atoms with E-state index in [1.54, 1.807) is 0 Å². The van der Waals surface area contributed by atoms with Gasteiger partial charge in [0.15, 0.2) is 0 Å². The Labute approximate surface area is 97.9 Å². The number of halogens is 1. The van der Waals surface area contributed by atoms with Crippen molar-refractivity contribution in [1.29, 1.82) is 0 Å². The molecule has 1 aromatic rings. The maximum absolute atomic E-state index is 5.82. The van der Waals surface area contributed by atoms with Crippen LogP contribution >= 0.6 is 11.6 Å². The number of rotatable bonds is 3. The van der Waals surface area contributed by atoms with E-state index in [1.165, 1.54) is 5.56 Å². The third-order valence-electron chi connectivity index (χ3n) is 1.87. The number of nitrogens with two attached hydrogens (primary N) is 1. The zero-order valence-electron chi connectivity index (χ0n) is 10.0. The molecule has 0 aromatic carbocycles. The van der Waals surface area contributed by atoms with Crippen molar-refractivity contribution in [1.82, 2.24) is 4.98 Å². The summed E-state index contributed by atoms with van der Waals surface area (Å²) in [6.07, 6.45) is 1.96. The number of hydrogen-bond acceptors (Lipinski definition) is 2. The van der Waals surface area contributed by atoms with Gasteiger partial charge in [0.05, 0.1) is 0 Å². The van der Waals surface area contributed by atoms with Gasteiger partial charge < -0.3 is 5.73 Å². The molecule has 0 aliphatic rings. The van der Waals surface area contributed by atoms with E-state index in [-0.39, 0.29) is 6.04 Å². The summed E-state index contributed by atoms with van der Waals surface area (Å²) in [5.74, 6) is 0. The second-order valence-electron chi connectivity index (χ2n) is 3.46. The monoisotopic (exact) mass is 228 g/mol. The third-order valence-corrected chi connectivity index (χ3v) is 2.06. The Hall–Kier alpha value is -0.600. The summed E-state index contributed by atoms with van der Waals surface area (Å²) in [6, 6.07) is 4.19. The number of aryl methyl sites for hydroxylation is 2. The largest absolute Gasteiger partial charge is 0.328 e. The lowest BCUT2D eigenvalue weighted by Gasteiger charge is -2.05. The van der Waals surface area contributed by atoms with Crippen molar-refractivity contribution >= 4 is 11.6 Å². The highest BCUT2D eigenvalue weighted by Gasteiger charge is 2.00. The molecule has 1 atom stereocenters. The summed E-state index contributed by atoms with van der Waals surface area (Å²) >= 11 is 5.82. The maximum atomic E-state index is 5.82. The molecule has 2 nitrogen and oxygen atoms in total. The summed E-state index contributed by atoms with van der Waals surface area (Å²) < 4.78 is 0. The van der Waals surface area contributed by atoms with E-state index in [0.717, 1.165) is 18.5 Å². The SMILES string of the molecule is CC.Cc1cc(CC[C@@H](C)N)cc(Cl)n1. The number of aromatic nitrogens is 1. The summed E-state index contributed by atoms with van der Waals surface area (Å²) in [4.78, 5) is 4.10. The van der Waals surface area contributed by atoms with Gasteiger partial charge in [-0.15, -0.1) is 0 Å². The Kier molecular flexibility index (Phi) is 7.35. The Morgan fingerprint density at radius 1 is 1.40 bits per heavy atom. The lowest BCUT2D eigenvalue weighted by molar-refractivity contribution is 0.665. The second-order valence-corrected chi connectivity index (χ2v) is 3.84. The lowest BCUT2D eigenvalue weighted by atomic mass is 10.1. The van der Waals surface area contributed by atoms with Gasteiger partial charge in [-0.25, -0.2) is 4.98 Å². The van der Waals surface area contributed by atoms with Gasteiger partial charge in [-0.2, -0.15) is 0 Å². The lowest BCUT2D eigenvalue weighted by Crippen LogP contribution is -2.15. The van der Waals surface area contributed by atoms with Gasteiger partial charge in [0, 0.05) is 11.7 Å². The van der Waals surface area contributed by atoms with Gasteiger partial charge in [0.2, 0.25) is 0 Å². The smallest absolute Gasteiger partial charge is 0.129 e. The van der Waals surface area contributed by atoms with Crippen molar-refractivity contribution in [3.05, 3.63) is 28.5 Å². The summed E-state index contributed by atoms with van der Waals surface area (Å²) in [6.45, 7) is 7.96. The van der Waals surface area contributed by atoms with Crippen LogP contribution in [0.2, 0.25) is 5.15 Å². The summed E-state index contributed by atoms with van der Waals surface area (Å²) in [5, 5.41) is 0.569. The molecule has 0 unspecified atom stereocenters. The first-order valence-corrected chi connectivity index (χ1v) is 5.84. The fourth-order valence-corrected chi connectivity index (χ4v) is 1.51. The first-order valence-electron chi connectivity index (χ1n) is 5.46. The molecule has 0 saturated carbocycles. The van der Waals surface area contributed by atoms with Crippen LogP contribution < -0.4 is 5.73 Å². The van der Waals surface area contributed by atoms with Crippen LogP contribution in [0.15, 0.2) is 12.1 Å². The summed E-state index contributed by atoms with van der Waals surface area (Å²) in [7, 11) is 0. The topological polar surface area (TPSA) is 38.9 Å². The van der Waals surface area contributed by atoms with Crippen LogP contribution in [0, 0.1) is 6.92 Å². The van der Waals surface area contributed by atoms with E-state index in [2.05, 4.69) is 4.98 Å². The van der Waals surface area contributed by atoms with Crippen LogP contribution in [0.4, 0.5) is 0 Å². The predicted octanol–water partition coefficient (Wildman–Crippen LogP) is 3.35.